The lowest BCUT2D eigenvalue weighted by Gasteiger charge is -2.24. The molecule has 2 fully saturated rings. The Morgan fingerprint density at radius 3 is 2.79 bits per heavy atom. The van der Waals surface area contributed by atoms with Gasteiger partial charge < -0.3 is 10.6 Å². The molecule has 2 aliphatic carbocycles. The van der Waals surface area contributed by atoms with Crippen molar-refractivity contribution in [1.82, 2.24) is 10.6 Å². The van der Waals surface area contributed by atoms with Crippen molar-refractivity contribution in [3.05, 3.63) is 35.6 Å². The summed E-state index contributed by atoms with van der Waals surface area (Å²) in [7, 11) is 0. The van der Waals surface area contributed by atoms with Gasteiger partial charge in [-0.15, -0.1) is 0 Å². The predicted octanol–water partition coefficient (Wildman–Crippen LogP) is 2.98. The van der Waals surface area contributed by atoms with Gasteiger partial charge in [0.25, 0.3) is 0 Å². The lowest BCUT2D eigenvalue weighted by atomic mass is 9.96. The van der Waals surface area contributed by atoms with Gasteiger partial charge in [-0.2, -0.15) is 0 Å². The normalized spacial score (nSPS) is 28.4. The van der Waals surface area contributed by atoms with E-state index in [0.29, 0.717) is 23.3 Å². The van der Waals surface area contributed by atoms with Crippen LogP contribution in [0.4, 0.5) is 4.39 Å². The van der Waals surface area contributed by atoms with E-state index < -0.39 is 0 Å². The van der Waals surface area contributed by atoms with Crippen molar-refractivity contribution in [3.8, 4) is 0 Å². The third-order valence-corrected chi connectivity index (χ3v) is 4.71. The summed E-state index contributed by atoms with van der Waals surface area (Å²) in [6.45, 7) is 0.444. The fourth-order valence-corrected chi connectivity index (χ4v) is 3.68. The van der Waals surface area contributed by atoms with E-state index in [0.717, 1.165) is 11.8 Å². The van der Waals surface area contributed by atoms with E-state index in [4.69, 9.17) is 12.2 Å². The van der Waals surface area contributed by atoms with Gasteiger partial charge in [0.05, 0.1) is 0 Å². The first kappa shape index (κ1) is 12.9. The molecule has 1 aromatic rings. The Morgan fingerprint density at radius 2 is 2.11 bits per heavy atom. The predicted molar refractivity (Wildman–Crippen MR) is 78.2 cm³/mol. The molecule has 2 bridgehead atoms. The fraction of sp³-hybridized carbons (Fsp3) is 0.533. The van der Waals surface area contributed by atoms with Crippen LogP contribution in [0.2, 0.25) is 0 Å². The summed E-state index contributed by atoms with van der Waals surface area (Å²) in [5, 5.41) is 7.16. The first-order valence-corrected chi connectivity index (χ1v) is 7.41. The molecule has 4 heteroatoms. The number of hydrogen-bond acceptors (Lipinski definition) is 1. The maximum absolute atomic E-state index is 13.5. The van der Waals surface area contributed by atoms with E-state index in [1.165, 1.54) is 31.7 Å². The van der Waals surface area contributed by atoms with Crippen molar-refractivity contribution in [3.63, 3.8) is 0 Å². The molecule has 2 nitrogen and oxygen atoms in total. The smallest absolute Gasteiger partial charge is 0.166 e. The van der Waals surface area contributed by atoms with Crippen LogP contribution < -0.4 is 10.6 Å². The van der Waals surface area contributed by atoms with Gasteiger partial charge in [-0.1, -0.05) is 24.6 Å². The number of halogens is 1. The zero-order valence-electron chi connectivity index (χ0n) is 10.9. The maximum Gasteiger partial charge on any atom is 0.166 e. The zero-order valence-corrected chi connectivity index (χ0v) is 11.7. The van der Waals surface area contributed by atoms with Crippen LogP contribution in [-0.4, -0.2) is 11.2 Å². The van der Waals surface area contributed by atoms with Gasteiger partial charge in [0.15, 0.2) is 5.11 Å². The average molecular weight is 278 g/mol. The highest BCUT2D eigenvalue weighted by Crippen LogP contribution is 2.44. The Morgan fingerprint density at radius 1 is 1.26 bits per heavy atom. The van der Waals surface area contributed by atoms with Crippen LogP contribution >= 0.6 is 12.2 Å². The molecular formula is C15H19FN2S. The molecule has 19 heavy (non-hydrogen) atoms. The van der Waals surface area contributed by atoms with E-state index in [9.17, 15) is 4.39 Å². The molecule has 3 rings (SSSR count). The number of rotatable bonds is 3. The lowest BCUT2D eigenvalue weighted by molar-refractivity contribution is 0.389. The first-order valence-electron chi connectivity index (χ1n) is 7.00. The van der Waals surface area contributed by atoms with Crippen LogP contribution in [0.5, 0.6) is 0 Å². The summed E-state index contributed by atoms with van der Waals surface area (Å²) in [5.41, 5.74) is 0.652. The van der Waals surface area contributed by atoms with Crippen LogP contribution in [0.25, 0.3) is 0 Å². The van der Waals surface area contributed by atoms with Crippen LogP contribution in [0.15, 0.2) is 24.3 Å². The van der Waals surface area contributed by atoms with Gasteiger partial charge in [-0.05, 0) is 49.4 Å². The van der Waals surface area contributed by atoms with Crippen molar-refractivity contribution >= 4 is 17.3 Å². The lowest BCUT2D eigenvalue weighted by Crippen LogP contribution is -2.44. The summed E-state index contributed by atoms with van der Waals surface area (Å²) in [5.74, 6) is 1.51. The first-order chi connectivity index (χ1) is 9.22. The minimum Gasteiger partial charge on any atom is -0.360 e. The molecule has 0 aliphatic heterocycles. The molecule has 0 aromatic heterocycles. The molecule has 0 heterocycles. The Labute approximate surface area is 118 Å². The molecule has 1 aromatic carbocycles. The van der Waals surface area contributed by atoms with Crippen molar-refractivity contribution in [1.29, 1.82) is 0 Å². The van der Waals surface area contributed by atoms with Gasteiger partial charge in [0, 0.05) is 18.2 Å². The highest BCUT2D eigenvalue weighted by Gasteiger charge is 2.39. The van der Waals surface area contributed by atoms with Gasteiger partial charge in [0.1, 0.15) is 5.82 Å². The molecule has 0 saturated heterocycles. The molecule has 2 N–H and O–H groups in total. The minimum atomic E-state index is -0.183. The molecule has 0 amide bonds. The van der Waals surface area contributed by atoms with Crippen LogP contribution in [-0.2, 0) is 6.54 Å². The van der Waals surface area contributed by atoms with E-state index >= 15 is 0 Å². The van der Waals surface area contributed by atoms with E-state index in [-0.39, 0.29) is 5.82 Å². The van der Waals surface area contributed by atoms with Gasteiger partial charge in [0.2, 0.25) is 0 Å². The van der Waals surface area contributed by atoms with Crippen molar-refractivity contribution in [2.45, 2.75) is 38.3 Å². The highest BCUT2D eigenvalue weighted by molar-refractivity contribution is 7.80. The van der Waals surface area contributed by atoms with E-state index in [1.807, 2.05) is 6.07 Å². The van der Waals surface area contributed by atoms with Gasteiger partial charge in [-0.3, -0.25) is 0 Å². The molecule has 0 spiro atoms. The summed E-state index contributed by atoms with van der Waals surface area (Å²) in [4.78, 5) is 0. The molecule has 3 atom stereocenters. The number of hydrogen-bond donors (Lipinski definition) is 2. The van der Waals surface area contributed by atoms with Crippen molar-refractivity contribution in [2.75, 3.05) is 0 Å². The molecule has 2 aliphatic rings. The minimum absolute atomic E-state index is 0.183. The Hall–Kier alpha value is -1.16. The Balaban J connectivity index is 1.48. The standard InChI is InChI=1S/C15H19FN2S/c16-13-4-2-1-3-12(13)9-17-15(19)18-14-8-10-5-6-11(14)7-10/h1-4,10-11,14H,5-9H2,(H2,17,18,19)/t10-,11+,14+/m0/s1. The second-order valence-electron chi connectivity index (χ2n) is 5.70. The fourth-order valence-electron chi connectivity index (χ4n) is 3.46. The average Bonchev–Trinajstić information content (AvgIpc) is 3.00. The molecule has 0 radical (unpaired) electrons. The van der Waals surface area contributed by atoms with Crippen LogP contribution in [0.1, 0.15) is 31.2 Å². The summed E-state index contributed by atoms with van der Waals surface area (Å²) < 4.78 is 13.5. The summed E-state index contributed by atoms with van der Waals surface area (Å²) in [6.07, 6.45) is 5.32. The summed E-state index contributed by atoms with van der Waals surface area (Å²) in [6, 6.07) is 7.32. The second-order valence-corrected chi connectivity index (χ2v) is 6.11. The Bertz CT molecular complexity index is 477. The second kappa shape index (κ2) is 5.45. The van der Waals surface area contributed by atoms with Gasteiger partial charge in [-0.25, -0.2) is 4.39 Å². The van der Waals surface area contributed by atoms with Crippen LogP contribution in [0, 0.1) is 17.7 Å². The van der Waals surface area contributed by atoms with Crippen LogP contribution in [0.3, 0.4) is 0 Å². The Kier molecular flexibility index (Phi) is 3.69. The number of nitrogens with one attached hydrogen (secondary N) is 2. The molecule has 102 valence electrons. The molecular weight excluding hydrogens is 259 g/mol. The van der Waals surface area contributed by atoms with E-state index in [2.05, 4.69) is 10.6 Å². The largest absolute Gasteiger partial charge is 0.360 e. The highest BCUT2D eigenvalue weighted by atomic mass is 32.1. The third-order valence-electron chi connectivity index (χ3n) is 4.45. The number of benzene rings is 1. The number of fused-ring (bicyclic) bond motifs is 2. The molecule has 2 saturated carbocycles. The zero-order chi connectivity index (χ0) is 13.2. The summed E-state index contributed by atoms with van der Waals surface area (Å²) >= 11 is 5.30. The van der Waals surface area contributed by atoms with Gasteiger partial charge >= 0.3 is 0 Å². The maximum atomic E-state index is 13.5. The topological polar surface area (TPSA) is 24.1 Å². The quantitative estimate of drug-likeness (QED) is 0.831. The third kappa shape index (κ3) is 2.89. The monoisotopic (exact) mass is 278 g/mol. The van der Waals surface area contributed by atoms with Crippen molar-refractivity contribution < 1.29 is 4.39 Å². The molecule has 0 unspecified atom stereocenters. The number of thiocarbonyl (C=S) groups is 1. The SMILES string of the molecule is Fc1ccccc1CNC(=S)N[C@@H]1C[C@H]2CC[C@@H]1C2. The van der Waals surface area contributed by atoms with E-state index in [1.54, 1.807) is 12.1 Å². The van der Waals surface area contributed by atoms with Crippen molar-refractivity contribution in [2.24, 2.45) is 11.8 Å².